The van der Waals surface area contributed by atoms with Crippen LogP contribution in [0.4, 0.5) is 45.5 Å². The third-order valence-electron chi connectivity index (χ3n) is 8.28. The van der Waals surface area contributed by atoms with Crippen molar-refractivity contribution >= 4 is 61.4 Å². The maximum absolute atomic E-state index is 10.8. The normalized spacial score (nSPS) is 16.9. The SMILES string of the molecule is CN1CCN(c2cncc(N)c2N)CC1.CN1CCN(c2cncc([N+](=O)[O-])c2N)CC1.CN1CCNCC1.Nc1c(Br)cncc1[N+](=O)[O-]. The average Bonchev–Trinajstić information content (AvgIpc) is 3.09. The van der Waals surface area contributed by atoms with Crippen LogP contribution in [0.1, 0.15) is 0 Å². The number of hydrogen-bond donors (Lipinski definition) is 5. The van der Waals surface area contributed by atoms with Crippen molar-refractivity contribution in [2.45, 2.75) is 0 Å². The molecule has 3 aromatic rings. The highest BCUT2D eigenvalue weighted by atomic mass is 79.9. The highest BCUT2D eigenvalue weighted by Gasteiger charge is 2.22. The summed E-state index contributed by atoms with van der Waals surface area (Å²) < 4.78 is 0.437. The number of nitro groups is 2. The summed E-state index contributed by atoms with van der Waals surface area (Å²) in [5.74, 6) is 0. The van der Waals surface area contributed by atoms with E-state index >= 15 is 0 Å². The molecule has 9 N–H and O–H groups in total. The molecule has 3 aliphatic rings. The molecule has 3 aromatic heterocycles. The Morgan fingerprint density at radius 1 is 0.600 bits per heavy atom. The second kappa shape index (κ2) is 19.5. The maximum Gasteiger partial charge on any atom is 0.312 e. The highest BCUT2D eigenvalue weighted by molar-refractivity contribution is 9.10. The number of hydrogen-bond acceptors (Lipinski definition) is 17. The smallest absolute Gasteiger partial charge is 0.312 e. The van der Waals surface area contributed by atoms with Gasteiger partial charge < -0.3 is 52.8 Å². The lowest BCUT2D eigenvalue weighted by molar-refractivity contribution is -0.384. The summed E-state index contributed by atoms with van der Waals surface area (Å²) in [5.41, 5.74) is 25.7. The molecular formula is C30H48BrN15O4. The number of aromatic nitrogens is 3. The Bertz CT molecular complexity index is 1550. The Labute approximate surface area is 300 Å². The minimum absolute atomic E-state index is 0.102. The molecule has 0 bridgehead atoms. The van der Waals surface area contributed by atoms with Gasteiger partial charge in [-0.25, -0.2) is 0 Å². The molecule has 0 radical (unpaired) electrons. The van der Waals surface area contributed by atoms with E-state index in [4.69, 9.17) is 22.9 Å². The second-order valence-corrected chi connectivity index (χ2v) is 12.8. The van der Waals surface area contributed by atoms with Crippen molar-refractivity contribution < 1.29 is 9.85 Å². The summed E-state index contributed by atoms with van der Waals surface area (Å²) in [6.07, 6.45) is 8.68. The van der Waals surface area contributed by atoms with Gasteiger partial charge in [-0.1, -0.05) is 0 Å². The first-order chi connectivity index (χ1) is 23.8. The number of pyridine rings is 3. The number of piperazine rings is 3. The number of nitrogen functional groups attached to an aromatic ring is 4. The summed E-state index contributed by atoms with van der Waals surface area (Å²) in [6, 6.07) is 0. The van der Waals surface area contributed by atoms with E-state index in [-0.39, 0.29) is 22.7 Å². The van der Waals surface area contributed by atoms with E-state index in [1.807, 2.05) is 11.9 Å². The van der Waals surface area contributed by atoms with Crippen LogP contribution in [0, 0.1) is 20.2 Å². The molecule has 3 fully saturated rings. The van der Waals surface area contributed by atoms with Gasteiger partial charge in [0.15, 0.2) is 0 Å². The average molecular weight is 763 g/mol. The third kappa shape index (κ3) is 11.8. The first-order valence-corrected chi connectivity index (χ1v) is 16.8. The van der Waals surface area contributed by atoms with Crippen LogP contribution in [0.25, 0.3) is 0 Å². The molecule has 0 spiro atoms. The third-order valence-corrected chi connectivity index (χ3v) is 8.91. The summed E-state index contributed by atoms with van der Waals surface area (Å²) in [7, 11) is 6.32. The molecule has 19 nitrogen and oxygen atoms in total. The van der Waals surface area contributed by atoms with Gasteiger partial charge in [0.05, 0.1) is 55.7 Å². The van der Waals surface area contributed by atoms with Crippen LogP contribution in [0.3, 0.4) is 0 Å². The molecule has 0 unspecified atom stereocenters. The van der Waals surface area contributed by atoms with E-state index in [1.165, 1.54) is 25.5 Å². The summed E-state index contributed by atoms with van der Waals surface area (Å²) in [5, 5.41) is 24.3. The Kier molecular flexibility index (Phi) is 15.5. The first kappa shape index (κ1) is 39.8. The zero-order chi connectivity index (χ0) is 36.8. The van der Waals surface area contributed by atoms with E-state index in [0.29, 0.717) is 21.5 Å². The molecule has 6 heterocycles. The maximum atomic E-state index is 10.8. The Hall–Kier alpha value is -4.63. The van der Waals surface area contributed by atoms with Crippen LogP contribution in [0.2, 0.25) is 0 Å². The van der Waals surface area contributed by atoms with E-state index in [0.717, 1.165) is 77.3 Å². The number of nitrogens with zero attached hydrogens (tertiary/aromatic N) is 10. The van der Waals surface area contributed by atoms with Gasteiger partial charge in [-0.2, -0.15) is 0 Å². The summed E-state index contributed by atoms with van der Waals surface area (Å²) in [4.78, 5) is 42.6. The van der Waals surface area contributed by atoms with Crippen molar-refractivity contribution in [3.63, 3.8) is 0 Å². The van der Waals surface area contributed by atoms with Crippen molar-refractivity contribution in [3.05, 3.63) is 61.9 Å². The minimum atomic E-state index is -0.576. The Morgan fingerprint density at radius 2 is 1.00 bits per heavy atom. The van der Waals surface area contributed by atoms with E-state index in [2.05, 4.69) is 69.9 Å². The molecule has 50 heavy (non-hydrogen) atoms. The first-order valence-electron chi connectivity index (χ1n) is 16.0. The number of likely N-dealkylation sites (N-methyl/N-ethyl adjacent to an activating group) is 3. The second-order valence-electron chi connectivity index (χ2n) is 12.0. The van der Waals surface area contributed by atoms with Gasteiger partial charge >= 0.3 is 11.4 Å². The Morgan fingerprint density at radius 3 is 1.42 bits per heavy atom. The van der Waals surface area contributed by atoms with Gasteiger partial charge in [-0.3, -0.25) is 35.2 Å². The standard InChI is InChI=1S/C10H15N5O2.C10H17N5.C5H4BrN3O2.C5H12N2/c1-13-2-4-14(5-3-13)8-6-12-7-9(10(8)11)15(16)17;1-14-2-4-15(5-3-14)9-7-13-6-8(11)10(9)12;6-3-1-8-2-4(5(3)7)9(10)11;1-7-4-2-6-3-5-7/h6-7H,2-5H2,1H3,(H2,11,12);6-7H,2-5,11H2,1H3,(H2,12,13);1-2H,(H2,7,8);6H,2-5H2,1H3. The van der Waals surface area contributed by atoms with Crippen LogP contribution in [0.15, 0.2) is 41.7 Å². The van der Waals surface area contributed by atoms with Crippen molar-refractivity contribution in [2.75, 3.05) is 132 Å². The quantitative estimate of drug-likeness (QED) is 0.185. The molecule has 274 valence electrons. The van der Waals surface area contributed by atoms with Gasteiger partial charge in [0.1, 0.15) is 23.8 Å². The van der Waals surface area contributed by atoms with Crippen molar-refractivity contribution in [3.8, 4) is 0 Å². The predicted molar refractivity (Wildman–Crippen MR) is 201 cm³/mol. The van der Waals surface area contributed by atoms with Gasteiger partial charge in [0.2, 0.25) is 0 Å². The van der Waals surface area contributed by atoms with Crippen molar-refractivity contribution in [1.82, 2.24) is 35.0 Å². The number of anilines is 6. The van der Waals surface area contributed by atoms with Crippen LogP contribution in [0.5, 0.6) is 0 Å². The lowest BCUT2D eigenvalue weighted by atomic mass is 10.2. The van der Waals surface area contributed by atoms with Crippen LogP contribution in [-0.2, 0) is 0 Å². The van der Waals surface area contributed by atoms with E-state index in [9.17, 15) is 20.2 Å². The van der Waals surface area contributed by atoms with Gasteiger partial charge in [-0.05, 0) is 37.1 Å². The van der Waals surface area contributed by atoms with Gasteiger partial charge in [0, 0.05) is 84.7 Å². The number of nitrogens with two attached hydrogens (primary N) is 4. The molecule has 0 atom stereocenters. The zero-order valence-electron chi connectivity index (χ0n) is 28.7. The Balaban J connectivity index is 0.000000188. The van der Waals surface area contributed by atoms with Crippen LogP contribution < -0.4 is 38.1 Å². The van der Waals surface area contributed by atoms with Crippen molar-refractivity contribution in [1.29, 1.82) is 0 Å². The van der Waals surface area contributed by atoms with Crippen LogP contribution >= 0.6 is 15.9 Å². The highest BCUT2D eigenvalue weighted by Crippen LogP contribution is 2.31. The molecule has 0 aliphatic carbocycles. The fourth-order valence-corrected chi connectivity index (χ4v) is 5.35. The lowest BCUT2D eigenvalue weighted by Crippen LogP contribution is -2.44. The topological polar surface area (TPSA) is 257 Å². The minimum Gasteiger partial charge on any atom is -0.396 e. The van der Waals surface area contributed by atoms with E-state index in [1.54, 1.807) is 18.6 Å². The summed E-state index contributed by atoms with van der Waals surface area (Å²) >= 11 is 3.02. The number of rotatable bonds is 4. The molecule has 3 saturated heterocycles. The zero-order valence-corrected chi connectivity index (χ0v) is 30.3. The van der Waals surface area contributed by atoms with E-state index < -0.39 is 9.85 Å². The fourth-order valence-electron chi connectivity index (χ4n) is 5.02. The summed E-state index contributed by atoms with van der Waals surface area (Å²) in [6.45, 7) is 12.3. The largest absolute Gasteiger partial charge is 0.396 e. The molecule has 0 aromatic carbocycles. The fraction of sp³-hybridized carbons (Fsp3) is 0.500. The van der Waals surface area contributed by atoms with Gasteiger partial charge in [0.25, 0.3) is 0 Å². The number of nitrogens with one attached hydrogen (secondary N) is 1. The van der Waals surface area contributed by atoms with Crippen LogP contribution in [-0.4, -0.2) is 139 Å². The predicted octanol–water partition coefficient (Wildman–Crippen LogP) is 1.18. The molecular weight excluding hydrogens is 714 g/mol. The molecule has 20 heteroatoms. The lowest BCUT2D eigenvalue weighted by Gasteiger charge is -2.34. The monoisotopic (exact) mass is 761 g/mol. The molecule has 6 rings (SSSR count). The van der Waals surface area contributed by atoms with Gasteiger partial charge in [-0.15, -0.1) is 0 Å². The molecule has 0 saturated carbocycles. The molecule has 0 amide bonds. The molecule has 3 aliphatic heterocycles. The van der Waals surface area contributed by atoms with Crippen molar-refractivity contribution in [2.24, 2.45) is 0 Å². The number of halogens is 1.